The summed E-state index contributed by atoms with van der Waals surface area (Å²) >= 11 is 0. The Hall–Kier alpha value is -0.400. The van der Waals surface area contributed by atoms with E-state index in [9.17, 15) is 0 Å². The van der Waals surface area contributed by atoms with E-state index in [-0.39, 0.29) is 44.1 Å². The van der Waals surface area contributed by atoms with Gasteiger partial charge < -0.3 is 14.2 Å². The molecule has 1 heterocycles. The van der Waals surface area contributed by atoms with E-state index in [1.165, 1.54) is 25.7 Å². The summed E-state index contributed by atoms with van der Waals surface area (Å²) in [4.78, 5) is 0. The second kappa shape index (κ2) is 9.16. The molecule has 0 N–H and O–H groups in total. The number of alkyl halides is 4. The molecule has 3 nitrogen and oxygen atoms in total. The Morgan fingerprint density at radius 3 is 1.76 bits per heavy atom. The molecule has 0 unspecified atom stereocenters. The molecule has 5 aliphatic carbocycles. The van der Waals surface area contributed by atoms with Crippen LogP contribution < -0.4 is 0 Å². The van der Waals surface area contributed by atoms with Gasteiger partial charge in [-0.2, -0.15) is 17.6 Å². The van der Waals surface area contributed by atoms with Crippen molar-refractivity contribution in [1.29, 1.82) is 0 Å². The van der Waals surface area contributed by atoms with Crippen LogP contribution in [-0.2, 0) is 14.2 Å². The van der Waals surface area contributed by atoms with E-state index in [4.69, 9.17) is 14.2 Å². The maximum Gasteiger partial charge on any atom is 0.338 e. The van der Waals surface area contributed by atoms with Crippen molar-refractivity contribution < 1.29 is 31.8 Å². The maximum atomic E-state index is 15.8. The number of halogens is 4. The van der Waals surface area contributed by atoms with E-state index in [0.29, 0.717) is 37.9 Å². The van der Waals surface area contributed by atoms with Gasteiger partial charge >= 0.3 is 11.8 Å². The number of rotatable bonds is 5. The Bertz CT molecular complexity index is 697. The zero-order valence-corrected chi connectivity index (χ0v) is 20.8. The lowest BCUT2D eigenvalue weighted by Crippen LogP contribution is -2.75. The molecule has 0 spiro atoms. The fraction of sp³-hybridized carbons (Fsp3) is 1.00. The van der Waals surface area contributed by atoms with Crippen LogP contribution in [0.4, 0.5) is 17.6 Å². The van der Waals surface area contributed by atoms with Crippen LogP contribution in [0.15, 0.2) is 0 Å². The van der Waals surface area contributed by atoms with Gasteiger partial charge in [-0.1, -0.05) is 26.7 Å². The highest BCUT2D eigenvalue weighted by Gasteiger charge is 2.83. The zero-order valence-electron chi connectivity index (χ0n) is 20.8. The third-order valence-corrected chi connectivity index (χ3v) is 10.5. The molecule has 196 valence electrons. The van der Waals surface area contributed by atoms with E-state index in [1.807, 2.05) is 6.92 Å². The van der Waals surface area contributed by atoms with Gasteiger partial charge in [0.1, 0.15) is 5.60 Å². The number of hydrogen-bond donors (Lipinski definition) is 0. The van der Waals surface area contributed by atoms with Crippen LogP contribution in [0, 0.1) is 35.0 Å². The van der Waals surface area contributed by atoms with Crippen molar-refractivity contribution in [2.75, 3.05) is 19.8 Å². The Labute approximate surface area is 201 Å². The first-order chi connectivity index (χ1) is 16.1. The average molecular weight is 491 g/mol. The van der Waals surface area contributed by atoms with Crippen LogP contribution in [0.2, 0.25) is 0 Å². The Balaban J connectivity index is 1.24. The molecular weight excluding hydrogens is 448 g/mol. The van der Waals surface area contributed by atoms with Crippen LogP contribution in [0.3, 0.4) is 0 Å². The van der Waals surface area contributed by atoms with Gasteiger partial charge in [-0.25, -0.2) is 0 Å². The fourth-order valence-corrected chi connectivity index (χ4v) is 8.09. The summed E-state index contributed by atoms with van der Waals surface area (Å²) in [5.74, 6) is -6.27. The number of ether oxygens (including phenoxy) is 3. The Morgan fingerprint density at radius 2 is 1.21 bits per heavy atom. The monoisotopic (exact) mass is 490 g/mol. The first-order valence-electron chi connectivity index (χ1n) is 13.7. The summed E-state index contributed by atoms with van der Waals surface area (Å²) < 4.78 is 79.4. The molecule has 6 aliphatic rings. The first kappa shape index (κ1) is 25.3. The highest BCUT2D eigenvalue weighted by Crippen LogP contribution is 2.71. The molecule has 1 aliphatic heterocycles. The lowest BCUT2D eigenvalue weighted by molar-refractivity contribution is -0.405. The molecule has 1 saturated heterocycles. The molecule has 5 saturated carbocycles. The van der Waals surface area contributed by atoms with Gasteiger partial charge in [0.15, 0.2) is 6.29 Å². The largest absolute Gasteiger partial charge is 0.363 e. The van der Waals surface area contributed by atoms with E-state index < -0.39 is 29.2 Å². The van der Waals surface area contributed by atoms with Crippen LogP contribution in [-0.4, -0.2) is 43.6 Å². The minimum Gasteiger partial charge on any atom is -0.363 e. The molecule has 6 fully saturated rings. The van der Waals surface area contributed by atoms with Crippen molar-refractivity contribution in [1.82, 2.24) is 0 Å². The second-order valence-corrected chi connectivity index (χ2v) is 12.4. The molecule has 2 bridgehead atoms. The molecule has 0 atom stereocenters. The molecule has 6 rings (SSSR count). The van der Waals surface area contributed by atoms with Crippen molar-refractivity contribution in [2.45, 2.75) is 115 Å². The predicted molar refractivity (Wildman–Crippen MR) is 121 cm³/mol. The van der Waals surface area contributed by atoms with Gasteiger partial charge in [0.05, 0.1) is 19.8 Å². The molecule has 0 amide bonds. The van der Waals surface area contributed by atoms with Crippen molar-refractivity contribution in [3.63, 3.8) is 0 Å². The van der Waals surface area contributed by atoms with Crippen molar-refractivity contribution in [3.05, 3.63) is 0 Å². The highest BCUT2D eigenvalue weighted by atomic mass is 19.3. The van der Waals surface area contributed by atoms with Crippen LogP contribution in [0.5, 0.6) is 0 Å². The lowest BCUT2D eigenvalue weighted by Gasteiger charge is -2.63. The Kier molecular flexibility index (Phi) is 6.81. The van der Waals surface area contributed by atoms with Crippen LogP contribution >= 0.6 is 0 Å². The normalized spacial score (nSPS) is 48.5. The zero-order chi connectivity index (χ0) is 24.2. The van der Waals surface area contributed by atoms with E-state index in [0.717, 1.165) is 18.8 Å². The minimum absolute atomic E-state index is 0.0147. The molecule has 34 heavy (non-hydrogen) atoms. The van der Waals surface area contributed by atoms with Crippen molar-refractivity contribution in [2.24, 2.45) is 35.0 Å². The third-order valence-electron chi connectivity index (χ3n) is 10.5. The predicted octanol–water partition coefficient (Wildman–Crippen LogP) is 7.23. The summed E-state index contributed by atoms with van der Waals surface area (Å²) in [5, 5.41) is 0. The van der Waals surface area contributed by atoms with E-state index >= 15 is 17.6 Å². The summed E-state index contributed by atoms with van der Waals surface area (Å²) in [5.41, 5.74) is -3.72. The quantitative estimate of drug-likeness (QED) is 0.381. The number of fused-ring (bicyclic) bond motifs is 3. The molecule has 7 heteroatoms. The SMILES string of the molecule is CC1CCC(C2CCC(C34CCC(OCC5OCC(C)CO5)(CC3)C(F)(F)C4(F)F)CC2)CC1. The summed E-state index contributed by atoms with van der Waals surface area (Å²) in [6, 6.07) is 0. The van der Waals surface area contributed by atoms with Gasteiger partial charge in [-0.05, 0) is 87.9 Å². The molecule has 0 radical (unpaired) electrons. The maximum absolute atomic E-state index is 15.8. The minimum atomic E-state index is -4.19. The van der Waals surface area contributed by atoms with Crippen LogP contribution in [0.1, 0.15) is 90.9 Å². The van der Waals surface area contributed by atoms with E-state index in [2.05, 4.69) is 6.92 Å². The summed E-state index contributed by atoms with van der Waals surface area (Å²) in [6.45, 7) is 4.96. The average Bonchev–Trinajstić information content (AvgIpc) is 2.83. The first-order valence-corrected chi connectivity index (χ1v) is 13.7. The van der Waals surface area contributed by atoms with Gasteiger partial charge in [0.2, 0.25) is 0 Å². The Morgan fingerprint density at radius 1 is 0.676 bits per heavy atom. The number of hydrogen-bond acceptors (Lipinski definition) is 3. The molecule has 0 aromatic rings. The van der Waals surface area contributed by atoms with Gasteiger partial charge in [0.25, 0.3) is 0 Å². The van der Waals surface area contributed by atoms with Crippen molar-refractivity contribution in [3.8, 4) is 0 Å². The molecule has 0 aromatic carbocycles. The van der Waals surface area contributed by atoms with Gasteiger partial charge in [0, 0.05) is 11.3 Å². The topological polar surface area (TPSA) is 27.7 Å². The van der Waals surface area contributed by atoms with Crippen molar-refractivity contribution >= 4 is 0 Å². The highest BCUT2D eigenvalue weighted by molar-refractivity contribution is 5.21. The lowest BCUT2D eigenvalue weighted by atomic mass is 9.48. The third kappa shape index (κ3) is 3.95. The second-order valence-electron chi connectivity index (χ2n) is 12.4. The smallest absolute Gasteiger partial charge is 0.338 e. The van der Waals surface area contributed by atoms with Gasteiger partial charge in [-0.15, -0.1) is 0 Å². The summed E-state index contributed by atoms with van der Waals surface area (Å²) in [7, 11) is 0. The molecular formula is C27H42F4O3. The van der Waals surface area contributed by atoms with E-state index in [1.54, 1.807) is 0 Å². The van der Waals surface area contributed by atoms with Gasteiger partial charge in [-0.3, -0.25) is 0 Å². The molecule has 0 aromatic heterocycles. The fourth-order valence-electron chi connectivity index (χ4n) is 8.09. The standard InChI is InChI=1S/C27H42F4O3/c1-18-3-5-20(6-4-18)21-7-9-22(10-8-21)24-11-13-25(14-12-24,27(30,31)26(24,28)29)34-17-23-32-15-19(2)16-33-23/h18-23H,3-17H2,1-2H3. The van der Waals surface area contributed by atoms with Crippen LogP contribution in [0.25, 0.3) is 0 Å². The summed E-state index contributed by atoms with van der Waals surface area (Å²) in [6.07, 6.45) is 7.62.